The lowest BCUT2D eigenvalue weighted by atomic mass is 9.97. The maximum Gasteiger partial charge on any atom is 0.309 e. The Hall–Kier alpha value is -2.87. The summed E-state index contributed by atoms with van der Waals surface area (Å²) in [6.07, 6.45) is 1.09. The van der Waals surface area contributed by atoms with Crippen molar-refractivity contribution in [2.24, 2.45) is 5.92 Å². The van der Waals surface area contributed by atoms with Gasteiger partial charge >= 0.3 is 5.97 Å². The van der Waals surface area contributed by atoms with Crippen LogP contribution in [0.3, 0.4) is 0 Å². The van der Waals surface area contributed by atoms with Gasteiger partial charge in [0.15, 0.2) is 6.61 Å². The highest BCUT2D eigenvalue weighted by Gasteiger charge is 2.29. The summed E-state index contributed by atoms with van der Waals surface area (Å²) in [5.41, 5.74) is 0.895. The Morgan fingerprint density at radius 2 is 1.97 bits per heavy atom. The molecule has 29 heavy (non-hydrogen) atoms. The van der Waals surface area contributed by atoms with E-state index in [-0.39, 0.29) is 30.3 Å². The summed E-state index contributed by atoms with van der Waals surface area (Å²) < 4.78 is 10.3. The van der Waals surface area contributed by atoms with E-state index < -0.39 is 0 Å². The molecule has 154 valence electrons. The van der Waals surface area contributed by atoms with Crippen molar-refractivity contribution >= 4 is 29.1 Å². The highest BCUT2D eigenvalue weighted by atomic mass is 32.1. The van der Waals surface area contributed by atoms with Gasteiger partial charge in [-0.1, -0.05) is 18.2 Å². The summed E-state index contributed by atoms with van der Waals surface area (Å²) in [6, 6.07) is 11.0. The molecule has 0 radical (unpaired) electrons. The van der Waals surface area contributed by atoms with Crippen LogP contribution >= 0.6 is 11.3 Å². The first kappa shape index (κ1) is 20.9. The van der Waals surface area contributed by atoms with Crippen molar-refractivity contribution in [1.29, 1.82) is 0 Å². The van der Waals surface area contributed by atoms with E-state index in [1.165, 1.54) is 11.3 Å². The number of hydrogen-bond acceptors (Lipinski definition) is 6. The number of methoxy groups -OCH3 is 1. The molecule has 1 saturated heterocycles. The standard InChI is InChI=1S/C21H24N2O5S/c1-27-17-5-2-4-15(12-17)13-22-19(24)14-28-21(26)16-7-9-23(10-8-16)20(25)18-6-3-11-29-18/h2-6,11-12,16H,7-10,13-14H2,1H3,(H,22,24). The molecular formula is C21H24N2O5S. The molecule has 0 saturated carbocycles. The first-order chi connectivity index (χ1) is 14.1. The minimum absolute atomic E-state index is 0.00346. The van der Waals surface area contributed by atoms with Gasteiger partial charge in [-0.2, -0.15) is 0 Å². The summed E-state index contributed by atoms with van der Waals surface area (Å²) in [6.45, 7) is 1.05. The molecule has 2 aromatic rings. The molecule has 8 heteroatoms. The lowest BCUT2D eigenvalue weighted by Crippen LogP contribution is -2.41. The van der Waals surface area contributed by atoms with E-state index in [0.29, 0.717) is 43.1 Å². The summed E-state index contributed by atoms with van der Waals surface area (Å²) in [5, 5.41) is 4.59. The molecule has 1 N–H and O–H groups in total. The number of amides is 2. The molecule has 0 aliphatic carbocycles. The van der Waals surface area contributed by atoms with Gasteiger partial charge in [0.25, 0.3) is 11.8 Å². The van der Waals surface area contributed by atoms with Crippen LogP contribution in [0.5, 0.6) is 5.75 Å². The molecule has 1 aromatic heterocycles. The number of ether oxygens (including phenoxy) is 2. The van der Waals surface area contributed by atoms with E-state index in [9.17, 15) is 14.4 Å². The van der Waals surface area contributed by atoms with Crippen molar-refractivity contribution < 1.29 is 23.9 Å². The topological polar surface area (TPSA) is 84.9 Å². The molecule has 1 aliphatic rings. The van der Waals surface area contributed by atoms with Crippen LogP contribution in [-0.4, -0.2) is 49.5 Å². The number of rotatable bonds is 7. The van der Waals surface area contributed by atoms with E-state index >= 15 is 0 Å². The number of carbonyl (C=O) groups is 3. The third-order valence-corrected chi connectivity index (χ3v) is 5.67. The average molecular weight is 416 g/mol. The molecule has 0 spiro atoms. The largest absolute Gasteiger partial charge is 0.497 e. The van der Waals surface area contributed by atoms with Crippen LogP contribution in [-0.2, 0) is 20.9 Å². The van der Waals surface area contributed by atoms with Gasteiger partial charge < -0.3 is 19.7 Å². The van der Waals surface area contributed by atoms with Gasteiger partial charge in [0.2, 0.25) is 0 Å². The van der Waals surface area contributed by atoms with E-state index in [0.717, 1.165) is 5.56 Å². The third kappa shape index (κ3) is 5.80. The second kappa shape index (κ2) is 10.1. The molecular weight excluding hydrogens is 392 g/mol. The number of nitrogens with one attached hydrogen (secondary N) is 1. The Kier molecular flexibility index (Phi) is 7.24. The van der Waals surface area contributed by atoms with Gasteiger partial charge in [-0.05, 0) is 42.0 Å². The summed E-state index contributed by atoms with van der Waals surface area (Å²) in [5.74, 6) is -0.305. The van der Waals surface area contributed by atoms with Gasteiger partial charge in [0, 0.05) is 19.6 Å². The van der Waals surface area contributed by atoms with Gasteiger partial charge in [-0.25, -0.2) is 0 Å². The highest BCUT2D eigenvalue weighted by Crippen LogP contribution is 2.21. The van der Waals surface area contributed by atoms with Gasteiger partial charge in [-0.3, -0.25) is 14.4 Å². The van der Waals surface area contributed by atoms with Crippen LogP contribution in [0, 0.1) is 5.92 Å². The average Bonchev–Trinajstić information content (AvgIpc) is 3.30. The summed E-state index contributed by atoms with van der Waals surface area (Å²) in [4.78, 5) is 39.0. The summed E-state index contributed by atoms with van der Waals surface area (Å²) >= 11 is 1.41. The maximum atomic E-state index is 12.3. The predicted octanol–water partition coefficient (Wildman–Crippen LogP) is 2.47. The monoisotopic (exact) mass is 416 g/mol. The predicted molar refractivity (Wildman–Crippen MR) is 109 cm³/mol. The number of hydrogen-bond donors (Lipinski definition) is 1. The molecule has 0 bridgehead atoms. The molecule has 3 rings (SSSR count). The smallest absolute Gasteiger partial charge is 0.309 e. The zero-order valence-electron chi connectivity index (χ0n) is 16.3. The fourth-order valence-electron chi connectivity index (χ4n) is 3.16. The Bertz CT molecular complexity index is 845. The molecule has 7 nitrogen and oxygen atoms in total. The van der Waals surface area contributed by atoms with Crippen LogP contribution < -0.4 is 10.1 Å². The van der Waals surface area contributed by atoms with Crippen LogP contribution in [0.1, 0.15) is 28.1 Å². The first-order valence-corrected chi connectivity index (χ1v) is 10.3. The van der Waals surface area contributed by atoms with Crippen LogP contribution in [0.4, 0.5) is 0 Å². The van der Waals surface area contributed by atoms with Crippen molar-refractivity contribution in [3.63, 3.8) is 0 Å². The molecule has 2 heterocycles. The van der Waals surface area contributed by atoms with Crippen LogP contribution in [0.25, 0.3) is 0 Å². The molecule has 0 unspecified atom stereocenters. The first-order valence-electron chi connectivity index (χ1n) is 9.46. The summed E-state index contributed by atoms with van der Waals surface area (Å²) in [7, 11) is 1.58. The minimum Gasteiger partial charge on any atom is -0.497 e. The van der Waals surface area contributed by atoms with E-state index in [1.54, 1.807) is 18.1 Å². The normalized spacial score (nSPS) is 14.3. The second-order valence-electron chi connectivity index (χ2n) is 6.78. The number of carbonyl (C=O) groups excluding carboxylic acids is 3. The number of nitrogens with zero attached hydrogens (tertiary/aromatic N) is 1. The molecule has 1 aromatic carbocycles. The number of esters is 1. The molecule has 0 atom stereocenters. The zero-order valence-corrected chi connectivity index (χ0v) is 17.1. The van der Waals surface area contributed by atoms with Gasteiger partial charge in [0.05, 0.1) is 17.9 Å². The Morgan fingerprint density at radius 3 is 2.66 bits per heavy atom. The van der Waals surface area contributed by atoms with Crippen LogP contribution in [0.2, 0.25) is 0 Å². The number of thiophene rings is 1. The zero-order chi connectivity index (χ0) is 20.6. The lowest BCUT2D eigenvalue weighted by Gasteiger charge is -2.30. The van der Waals surface area contributed by atoms with Crippen molar-refractivity contribution in [3.05, 3.63) is 52.2 Å². The Balaban J connectivity index is 1.37. The fraction of sp³-hybridized carbons (Fsp3) is 0.381. The van der Waals surface area contributed by atoms with E-state index in [1.807, 2.05) is 35.7 Å². The van der Waals surface area contributed by atoms with Gasteiger partial charge in [-0.15, -0.1) is 11.3 Å². The van der Waals surface area contributed by atoms with Crippen molar-refractivity contribution in [1.82, 2.24) is 10.2 Å². The third-order valence-electron chi connectivity index (χ3n) is 4.82. The second-order valence-corrected chi connectivity index (χ2v) is 7.73. The minimum atomic E-state index is -0.384. The van der Waals surface area contributed by atoms with Crippen LogP contribution in [0.15, 0.2) is 41.8 Å². The Labute approximate surface area is 173 Å². The number of benzene rings is 1. The van der Waals surface area contributed by atoms with E-state index in [4.69, 9.17) is 9.47 Å². The maximum absolute atomic E-state index is 12.3. The van der Waals surface area contributed by atoms with E-state index in [2.05, 4.69) is 5.32 Å². The van der Waals surface area contributed by atoms with Gasteiger partial charge in [0.1, 0.15) is 5.75 Å². The van der Waals surface area contributed by atoms with Crippen molar-refractivity contribution in [2.45, 2.75) is 19.4 Å². The molecule has 1 fully saturated rings. The molecule has 1 aliphatic heterocycles. The quantitative estimate of drug-likeness (QED) is 0.701. The lowest BCUT2D eigenvalue weighted by molar-refractivity contribution is -0.153. The SMILES string of the molecule is COc1cccc(CNC(=O)COC(=O)C2CCN(C(=O)c3cccs3)CC2)c1. The highest BCUT2D eigenvalue weighted by molar-refractivity contribution is 7.12. The van der Waals surface area contributed by atoms with Crippen molar-refractivity contribution in [3.8, 4) is 5.75 Å². The Morgan fingerprint density at radius 1 is 1.17 bits per heavy atom. The number of piperidine rings is 1. The number of likely N-dealkylation sites (tertiary alicyclic amines) is 1. The fourth-order valence-corrected chi connectivity index (χ4v) is 3.85. The molecule has 2 amide bonds. The van der Waals surface area contributed by atoms with Crippen molar-refractivity contribution in [2.75, 3.05) is 26.8 Å².